The van der Waals surface area contributed by atoms with Crippen molar-refractivity contribution in [3.63, 3.8) is 0 Å². The summed E-state index contributed by atoms with van der Waals surface area (Å²) >= 11 is 0. The molecule has 6 nitrogen and oxygen atoms in total. The Morgan fingerprint density at radius 3 is 2.17 bits per heavy atom. The van der Waals surface area contributed by atoms with Crippen molar-refractivity contribution in [3.8, 4) is 5.75 Å². The molecule has 0 amide bonds. The molecule has 0 saturated heterocycles. The van der Waals surface area contributed by atoms with Crippen molar-refractivity contribution in [1.82, 2.24) is 4.57 Å². The van der Waals surface area contributed by atoms with E-state index >= 15 is 0 Å². The second kappa shape index (κ2) is 9.76. The lowest BCUT2D eigenvalue weighted by Gasteiger charge is -2.20. The fraction of sp³-hybridized carbons (Fsp3) is 0.241. The molecule has 35 heavy (non-hydrogen) atoms. The number of carbonyl (C=O) groups excluding carboxylic acids is 1. The summed E-state index contributed by atoms with van der Waals surface area (Å²) in [4.78, 5) is 24.7. The van der Waals surface area contributed by atoms with E-state index in [0.29, 0.717) is 23.4 Å². The summed E-state index contributed by atoms with van der Waals surface area (Å²) < 4.78 is 12.9. The lowest BCUT2D eigenvalue weighted by molar-refractivity contribution is -0.162. The minimum atomic E-state index is -1.24. The molecule has 0 unspecified atom stereocenters. The Hall–Kier alpha value is -3.90. The van der Waals surface area contributed by atoms with Gasteiger partial charge in [-0.05, 0) is 62.2 Å². The third kappa shape index (κ3) is 4.98. The summed E-state index contributed by atoms with van der Waals surface area (Å²) in [7, 11) is 1.60. The fourth-order valence-corrected chi connectivity index (χ4v) is 4.06. The molecule has 1 heterocycles. The molecule has 0 atom stereocenters. The minimum Gasteiger partial charge on any atom is -0.497 e. The number of rotatable bonds is 9. The highest BCUT2D eigenvalue weighted by molar-refractivity contribution is 6.17. The molecule has 6 heteroatoms. The van der Waals surface area contributed by atoms with Gasteiger partial charge in [0.05, 0.1) is 19.3 Å². The predicted molar refractivity (Wildman–Crippen MR) is 135 cm³/mol. The van der Waals surface area contributed by atoms with Gasteiger partial charge < -0.3 is 19.1 Å². The van der Waals surface area contributed by atoms with E-state index in [1.54, 1.807) is 31.4 Å². The monoisotopic (exact) mass is 471 g/mol. The molecule has 0 aliphatic heterocycles. The third-order valence-corrected chi connectivity index (χ3v) is 6.29. The summed E-state index contributed by atoms with van der Waals surface area (Å²) in [5.74, 6) is -0.307. The number of ketones is 1. The SMILES string of the molecule is COc1ccc(C(=O)c2c(C)n(Cc3ccc(COC(C)(C)C(=O)O)cc3)c3ccccc23)cc1. The van der Waals surface area contributed by atoms with Gasteiger partial charge in [0.25, 0.3) is 0 Å². The molecule has 0 saturated carbocycles. The molecular formula is C29H29NO5. The molecule has 3 aromatic carbocycles. The highest BCUT2D eigenvalue weighted by Crippen LogP contribution is 2.29. The maximum Gasteiger partial charge on any atom is 0.335 e. The van der Waals surface area contributed by atoms with E-state index in [9.17, 15) is 14.7 Å². The molecular weight excluding hydrogens is 442 g/mol. The number of methoxy groups -OCH3 is 1. The quantitative estimate of drug-likeness (QED) is 0.321. The van der Waals surface area contributed by atoms with Gasteiger partial charge in [0.15, 0.2) is 11.4 Å². The van der Waals surface area contributed by atoms with Gasteiger partial charge in [0.2, 0.25) is 0 Å². The highest BCUT2D eigenvalue weighted by Gasteiger charge is 2.27. The van der Waals surface area contributed by atoms with Crippen LogP contribution in [0.2, 0.25) is 0 Å². The highest BCUT2D eigenvalue weighted by atomic mass is 16.5. The molecule has 4 rings (SSSR count). The van der Waals surface area contributed by atoms with Gasteiger partial charge in [0.1, 0.15) is 5.75 Å². The van der Waals surface area contributed by atoms with Gasteiger partial charge in [-0.25, -0.2) is 4.79 Å². The van der Waals surface area contributed by atoms with Crippen LogP contribution in [-0.2, 0) is 22.7 Å². The standard InChI is InChI=1S/C29H29NO5/c1-19-26(27(31)22-13-15-23(34-4)16-14-22)24-7-5-6-8-25(24)30(19)17-20-9-11-21(12-10-20)18-35-29(2,3)28(32)33/h5-16H,17-18H2,1-4H3,(H,32,33). The number of carboxylic acids is 1. The van der Waals surface area contributed by atoms with Crippen LogP contribution < -0.4 is 4.74 Å². The number of carbonyl (C=O) groups is 2. The van der Waals surface area contributed by atoms with Crippen molar-refractivity contribution >= 4 is 22.7 Å². The fourth-order valence-electron chi connectivity index (χ4n) is 4.06. The molecule has 0 fully saturated rings. The Kier molecular flexibility index (Phi) is 6.76. The molecule has 1 N–H and O–H groups in total. The molecule has 0 bridgehead atoms. The van der Waals surface area contributed by atoms with Crippen molar-refractivity contribution in [2.45, 2.75) is 39.5 Å². The Morgan fingerprint density at radius 2 is 1.54 bits per heavy atom. The van der Waals surface area contributed by atoms with Crippen molar-refractivity contribution < 1.29 is 24.2 Å². The van der Waals surface area contributed by atoms with E-state index in [2.05, 4.69) is 4.57 Å². The average Bonchev–Trinajstić information content (AvgIpc) is 3.14. The van der Waals surface area contributed by atoms with Gasteiger partial charge in [-0.3, -0.25) is 4.79 Å². The first kappa shape index (κ1) is 24.2. The van der Waals surface area contributed by atoms with Crippen LogP contribution in [0.3, 0.4) is 0 Å². The number of carboxylic acid groups (broad SMARTS) is 1. The zero-order valence-corrected chi connectivity index (χ0v) is 20.4. The first-order valence-corrected chi connectivity index (χ1v) is 11.4. The number of benzene rings is 3. The smallest absolute Gasteiger partial charge is 0.335 e. The molecule has 0 aliphatic carbocycles. The molecule has 180 valence electrons. The van der Waals surface area contributed by atoms with Gasteiger partial charge in [-0.1, -0.05) is 42.5 Å². The minimum absolute atomic E-state index is 0.0198. The van der Waals surface area contributed by atoms with E-state index in [1.165, 1.54) is 13.8 Å². The van der Waals surface area contributed by atoms with Crippen molar-refractivity contribution in [1.29, 1.82) is 0 Å². The van der Waals surface area contributed by atoms with Crippen LogP contribution in [0.5, 0.6) is 5.75 Å². The normalized spacial score (nSPS) is 11.5. The zero-order chi connectivity index (χ0) is 25.2. The lowest BCUT2D eigenvalue weighted by Crippen LogP contribution is -2.34. The Bertz CT molecular complexity index is 1360. The van der Waals surface area contributed by atoms with E-state index in [4.69, 9.17) is 9.47 Å². The van der Waals surface area contributed by atoms with Gasteiger partial charge >= 0.3 is 5.97 Å². The summed E-state index contributed by atoms with van der Waals surface area (Å²) in [6.07, 6.45) is 0. The summed E-state index contributed by atoms with van der Waals surface area (Å²) in [5, 5.41) is 10.1. The molecule has 0 radical (unpaired) electrons. The van der Waals surface area contributed by atoms with Crippen LogP contribution in [-0.4, -0.2) is 34.1 Å². The van der Waals surface area contributed by atoms with Crippen molar-refractivity contribution in [2.75, 3.05) is 7.11 Å². The Balaban J connectivity index is 1.61. The van der Waals surface area contributed by atoms with E-state index in [1.807, 2.05) is 55.5 Å². The number of ether oxygens (including phenoxy) is 2. The number of fused-ring (bicyclic) bond motifs is 1. The van der Waals surface area contributed by atoms with Crippen LogP contribution >= 0.6 is 0 Å². The largest absolute Gasteiger partial charge is 0.497 e. The molecule has 0 spiro atoms. The number of para-hydroxylation sites is 1. The van der Waals surface area contributed by atoms with E-state index in [-0.39, 0.29) is 12.4 Å². The number of hydrogen-bond donors (Lipinski definition) is 1. The van der Waals surface area contributed by atoms with Crippen molar-refractivity contribution in [3.05, 3.63) is 101 Å². The first-order valence-electron chi connectivity index (χ1n) is 11.4. The van der Waals surface area contributed by atoms with Gasteiger partial charge in [-0.2, -0.15) is 0 Å². The maximum atomic E-state index is 13.5. The predicted octanol–water partition coefficient (Wildman–Crippen LogP) is 5.62. The van der Waals surface area contributed by atoms with Crippen LogP contribution in [0.15, 0.2) is 72.8 Å². The summed E-state index contributed by atoms with van der Waals surface area (Å²) in [6.45, 7) is 5.87. The third-order valence-electron chi connectivity index (χ3n) is 6.29. The van der Waals surface area contributed by atoms with Gasteiger partial charge in [-0.15, -0.1) is 0 Å². The Labute approximate surface area is 204 Å². The average molecular weight is 472 g/mol. The molecule has 1 aromatic heterocycles. The topological polar surface area (TPSA) is 77.8 Å². The Morgan fingerprint density at radius 1 is 0.914 bits per heavy atom. The lowest BCUT2D eigenvalue weighted by atomic mass is 10.0. The second-order valence-corrected chi connectivity index (χ2v) is 9.04. The van der Waals surface area contributed by atoms with Crippen LogP contribution in [0, 0.1) is 6.92 Å². The van der Waals surface area contributed by atoms with Gasteiger partial charge in [0, 0.05) is 28.7 Å². The number of hydrogen-bond acceptors (Lipinski definition) is 4. The van der Waals surface area contributed by atoms with E-state index in [0.717, 1.165) is 27.7 Å². The zero-order valence-electron chi connectivity index (χ0n) is 20.4. The number of aliphatic carboxylic acids is 1. The molecule has 4 aromatic rings. The number of aromatic nitrogens is 1. The van der Waals surface area contributed by atoms with Crippen molar-refractivity contribution in [2.24, 2.45) is 0 Å². The van der Waals surface area contributed by atoms with E-state index < -0.39 is 11.6 Å². The van der Waals surface area contributed by atoms with Crippen LogP contribution in [0.4, 0.5) is 0 Å². The van der Waals surface area contributed by atoms with Crippen LogP contribution in [0.1, 0.15) is 46.6 Å². The maximum absolute atomic E-state index is 13.5. The number of nitrogens with zero attached hydrogens (tertiary/aromatic N) is 1. The van der Waals surface area contributed by atoms with Crippen LogP contribution in [0.25, 0.3) is 10.9 Å². The summed E-state index contributed by atoms with van der Waals surface area (Å²) in [5.41, 5.74) is 3.94. The second-order valence-electron chi connectivity index (χ2n) is 9.04. The summed E-state index contributed by atoms with van der Waals surface area (Å²) in [6, 6.07) is 23.0. The first-order chi connectivity index (χ1) is 16.7. The molecule has 0 aliphatic rings.